The fourth-order valence-corrected chi connectivity index (χ4v) is 5.23. The van der Waals surface area contributed by atoms with Crippen molar-refractivity contribution >= 4 is 23.3 Å². The molecular weight excluding hydrogens is 569 g/mol. The summed E-state index contributed by atoms with van der Waals surface area (Å²) in [4.78, 5) is 33.7. The molecule has 2 aliphatic rings. The summed E-state index contributed by atoms with van der Waals surface area (Å²) in [6.45, 7) is 3.13. The number of carbonyl (C=O) groups is 2. The van der Waals surface area contributed by atoms with Crippen LogP contribution in [0.5, 0.6) is 0 Å². The van der Waals surface area contributed by atoms with E-state index in [0.29, 0.717) is 48.0 Å². The maximum Gasteiger partial charge on any atom is 0.320 e. The molecule has 0 bridgehead atoms. The van der Waals surface area contributed by atoms with E-state index in [1.807, 2.05) is 37.3 Å². The van der Waals surface area contributed by atoms with Crippen molar-refractivity contribution < 1.29 is 28.7 Å². The van der Waals surface area contributed by atoms with Crippen LogP contribution in [-0.4, -0.2) is 90.0 Å². The standard InChI is InChI=1S/C31H36FN7O5/c1-19-26(21-16-24(29(40)33-2)30(41)37(3)17-21)36-39(23-8-6-5-7-9-23)28(19)35-31(42)34-25-18-38(14-15-43-4)44-27(25)20-10-12-22(32)13-11-20/h5-13,16-17,25,27,30,41H,14-15,18H2,1-4H3,(H,33,40)(H2,34,35,42)/t25-,27+,30?/m1/s1. The molecule has 3 heterocycles. The van der Waals surface area contributed by atoms with E-state index in [0.717, 1.165) is 5.56 Å². The lowest BCUT2D eigenvalue weighted by atomic mass is 10.0. The number of urea groups is 1. The SMILES string of the molecule is CNC(=O)C1=CC(c2nn(-c3ccccc3)c(NC(=O)N[C@@H]3CN(CCOC)O[C@H]3c3ccc(F)cc3)c2C)=CN(C)C1O. The number of carbonyl (C=O) groups excluding carboxylic acids is 2. The lowest BCUT2D eigenvalue weighted by molar-refractivity contribution is -0.154. The van der Waals surface area contributed by atoms with Crippen molar-refractivity contribution in [3.05, 3.63) is 95.1 Å². The Bertz CT molecular complexity index is 1560. The van der Waals surface area contributed by atoms with Crippen LogP contribution in [-0.2, 0) is 14.4 Å². The summed E-state index contributed by atoms with van der Waals surface area (Å²) in [6.07, 6.45) is 1.63. The first-order valence-electron chi connectivity index (χ1n) is 14.1. The van der Waals surface area contributed by atoms with Crippen LogP contribution in [0.15, 0.2) is 72.4 Å². The van der Waals surface area contributed by atoms with E-state index in [-0.39, 0.29) is 11.4 Å². The molecule has 0 spiro atoms. The predicted octanol–water partition coefficient (Wildman–Crippen LogP) is 2.72. The number of hydrogen-bond acceptors (Lipinski definition) is 8. The number of para-hydroxylation sites is 1. The van der Waals surface area contributed by atoms with Crippen LogP contribution in [0.25, 0.3) is 11.3 Å². The Labute approximate surface area is 254 Å². The lowest BCUT2D eigenvalue weighted by Gasteiger charge is -2.28. The summed E-state index contributed by atoms with van der Waals surface area (Å²) in [5.41, 5.74) is 3.34. The van der Waals surface area contributed by atoms with E-state index >= 15 is 0 Å². The van der Waals surface area contributed by atoms with Gasteiger partial charge in [-0.15, -0.1) is 0 Å². The fraction of sp³-hybridized carbons (Fsp3) is 0.323. The van der Waals surface area contributed by atoms with Gasteiger partial charge in [0.1, 0.15) is 17.7 Å². The predicted molar refractivity (Wildman–Crippen MR) is 162 cm³/mol. The zero-order chi connectivity index (χ0) is 31.4. The number of rotatable bonds is 9. The third kappa shape index (κ3) is 6.50. The molecule has 13 heteroatoms. The van der Waals surface area contributed by atoms with E-state index in [9.17, 15) is 19.1 Å². The highest BCUT2D eigenvalue weighted by atomic mass is 19.1. The van der Waals surface area contributed by atoms with Gasteiger partial charge in [0, 0.05) is 51.6 Å². The maximum atomic E-state index is 13.6. The number of ether oxygens (including phenoxy) is 1. The number of aliphatic hydroxyl groups excluding tert-OH is 1. The van der Waals surface area contributed by atoms with Gasteiger partial charge in [0.15, 0.2) is 6.23 Å². The summed E-state index contributed by atoms with van der Waals surface area (Å²) in [5.74, 6) is -0.361. The summed E-state index contributed by atoms with van der Waals surface area (Å²) in [6, 6.07) is 14.4. The molecule has 4 N–H and O–H groups in total. The first-order valence-corrected chi connectivity index (χ1v) is 14.1. The number of aromatic nitrogens is 2. The van der Waals surface area contributed by atoms with Gasteiger partial charge in [-0.25, -0.2) is 13.9 Å². The first kappa shape index (κ1) is 30.9. The quantitative estimate of drug-likeness (QED) is 0.293. The number of methoxy groups -OCH3 is 1. The lowest BCUT2D eigenvalue weighted by Crippen LogP contribution is -2.42. The minimum atomic E-state index is -1.12. The highest BCUT2D eigenvalue weighted by molar-refractivity contribution is 5.98. The molecule has 0 radical (unpaired) electrons. The summed E-state index contributed by atoms with van der Waals surface area (Å²) >= 11 is 0. The van der Waals surface area contributed by atoms with E-state index in [1.54, 1.807) is 48.3 Å². The number of aliphatic hydroxyl groups is 1. The Kier molecular flexibility index (Phi) is 9.40. The summed E-state index contributed by atoms with van der Waals surface area (Å²) < 4.78 is 20.4. The van der Waals surface area contributed by atoms with Crippen molar-refractivity contribution in [2.75, 3.05) is 46.2 Å². The molecule has 44 heavy (non-hydrogen) atoms. The molecule has 3 aromatic rings. The molecule has 1 unspecified atom stereocenters. The smallest absolute Gasteiger partial charge is 0.320 e. The van der Waals surface area contributed by atoms with Gasteiger partial charge < -0.3 is 25.4 Å². The van der Waals surface area contributed by atoms with Crippen LogP contribution in [0, 0.1) is 12.7 Å². The number of nitrogens with one attached hydrogen (secondary N) is 3. The van der Waals surface area contributed by atoms with Crippen LogP contribution >= 0.6 is 0 Å². The Morgan fingerprint density at radius 3 is 2.57 bits per heavy atom. The van der Waals surface area contributed by atoms with Gasteiger partial charge in [-0.05, 0) is 42.8 Å². The Morgan fingerprint density at radius 2 is 1.89 bits per heavy atom. The van der Waals surface area contributed by atoms with Gasteiger partial charge >= 0.3 is 6.03 Å². The monoisotopic (exact) mass is 605 g/mol. The molecule has 0 aliphatic carbocycles. The van der Waals surface area contributed by atoms with Crippen molar-refractivity contribution in [1.29, 1.82) is 0 Å². The molecule has 5 rings (SSSR count). The van der Waals surface area contributed by atoms with Gasteiger partial charge in [-0.1, -0.05) is 30.3 Å². The number of nitrogens with zero attached hydrogens (tertiary/aromatic N) is 4. The number of likely N-dealkylation sites (N-methyl/N-ethyl adjacent to an activating group) is 2. The second-order valence-corrected chi connectivity index (χ2v) is 10.5. The Morgan fingerprint density at radius 1 is 1.16 bits per heavy atom. The second-order valence-electron chi connectivity index (χ2n) is 10.5. The highest BCUT2D eigenvalue weighted by Crippen LogP contribution is 2.33. The van der Waals surface area contributed by atoms with E-state index in [2.05, 4.69) is 16.0 Å². The number of hydroxylamine groups is 2. The van der Waals surface area contributed by atoms with Crippen molar-refractivity contribution in [2.24, 2.45) is 0 Å². The van der Waals surface area contributed by atoms with Gasteiger partial charge in [-0.2, -0.15) is 10.2 Å². The highest BCUT2D eigenvalue weighted by Gasteiger charge is 2.37. The van der Waals surface area contributed by atoms with Crippen LogP contribution < -0.4 is 16.0 Å². The topological polar surface area (TPSA) is 133 Å². The number of benzene rings is 2. The molecule has 1 aromatic heterocycles. The van der Waals surface area contributed by atoms with Crippen LogP contribution in [0.4, 0.5) is 15.0 Å². The molecule has 12 nitrogen and oxygen atoms in total. The number of anilines is 1. The minimum Gasteiger partial charge on any atom is -0.383 e. The van der Waals surface area contributed by atoms with Crippen molar-refractivity contribution in [3.63, 3.8) is 0 Å². The van der Waals surface area contributed by atoms with Crippen molar-refractivity contribution in [3.8, 4) is 5.69 Å². The normalized spacial score (nSPS) is 20.2. The van der Waals surface area contributed by atoms with Crippen LogP contribution in [0.2, 0.25) is 0 Å². The van der Waals surface area contributed by atoms with E-state index < -0.39 is 30.3 Å². The average molecular weight is 606 g/mol. The van der Waals surface area contributed by atoms with Gasteiger partial charge in [-0.3, -0.25) is 14.9 Å². The number of amides is 3. The minimum absolute atomic E-state index is 0.166. The zero-order valence-electron chi connectivity index (χ0n) is 25.0. The Hall–Kier alpha value is -4.56. The largest absolute Gasteiger partial charge is 0.383 e. The average Bonchev–Trinajstić information content (AvgIpc) is 3.57. The van der Waals surface area contributed by atoms with Crippen molar-refractivity contribution in [1.82, 2.24) is 30.4 Å². The molecule has 2 aromatic carbocycles. The molecule has 0 saturated carbocycles. The third-order valence-corrected chi connectivity index (χ3v) is 7.52. The molecule has 2 aliphatic heterocycles. The summed E-state index contributed by atoms with van der Waals surface area (Å²) in [7, 11) is 4.76. The maximum absolute atomic E-state index is 13.6. The Balaban J connectivity index is 1.45. The molecule has 3 amide bonds. The van der Waals surface area contributed by atoms with E-state index in [1.165, 1.54) is 24.1 Å². The zero-order valence-corrected chi connectivity index (χ0v) is 25.0. The number of hydrogen-bond donors (Lipinski definition) is 4. The fourth-order valence-electron chi connectivity index (χ4n) is 5.23. The molecule has 232 valence electrons. The summed E-state index contributed by atoms with van der Waals surface area (Å²) in [5, 5.41) is 25.7. The van der Waals surface area contributed by atoms with Crippen LogP contribution in [0.3, 0.4) is 0 Å². The number of halogens is 1. The molecule has 1 fully saturated rings. The second kappa shape index (κ2) is 13.4. The third-order valence-electron chi connectivity index (χ3n) is 7.52. The van der Waals surface area contributed by atoms with Crippen LogP contribution in [0.1, 0.15) is 22.9 Å². The van der Waals surface area contributed by atoms with E-state index in [4.69, 9.17) is 14.7 Å². The number of allylic oxidation sites excluding steroid dienone is 2. The molecule has 3 atom stereocenters. The molecule has 1 saturated heterocycles. The van der Waals surface area contributed by atoms with Crippen molar-refractivity contribution in [2.45, 2.75) is 25.3 Å². The van der Waals surface area contributed by atoms with Gasteiger partial charge in [0.25, 0.3) is 5.91 Å². The molecular formula is C31H36FN7O5. The first-order chi connectivity index (χ1) is 21.2. The van der Waals surface area contributed by atoms with Gasteiger partial charge in [0.05, 0.1) is 29.6 Å². The van der Waals surface area contributed by atoms with Gasteiger partial charge in [0.2, 0.25) is 0 Å².